The Morgan fingerprint density at radius 2 is 1.00 bits per heavy atom. The Bertz CT molecular complexity index is 705. The van der Waals surface area contributed by atoms with Crippen molar-refractivity contribution in [2.45, 2.75) is 96.8 Å². The van der Waals surface area contributed by atoms with E-state index in [-0.39, 0.29) is 0 Å². The average molecular weight is 433 g/mol. The van der Waals surface area contributed by atoms with E-state index >= 15 is 0 Å². The maximum Gasteiger partial charge on any atom is 0.416 e. The number of hydrogen-bond acceptors (Lipinski definition) is 0. The van der Waals surface area contributed by atoms with Crippen LogP contribution in [-0.2, 0) is 25.7 Å². The van der Waals surface area contributed by atoms with E-state index in [4.69, 9.17) is 0 Å². The molecule has 2 aromatic carbocycles. The molecular weight excluding hydrogens is 395 g/mol. The summed E-state index contributed by atoms with van der Waals surface area (Å²) >= 11 is 0. The van der Waals surface area contributed by atoms with Crippen molar-refractivity contribution in [2.75, 3.05) is 0 Å². The second kappa shape index (κ2) is 14.3. The smallest absolute Gasteiger partial charge is 0.232 e. The molecule has 0 saturated carbocycles. The van der Waals surface area contributed by atoms with Crippen molar-refractivity contribution in [2.24, 2.45) is 0 Å². The SMILES string of the molecule is CCCCCCCCCCCCc1ccc(C[N]Cc2ccc(C(F)(F)F)cc2)cc1. The summed E-state index contributed by atoms with van der Waals surface area (Å²) in [6.07, 6.45) is 10.4. The van der Waals surface area contributed by atoms with Gasteiger partial charge < -0.3 is 0 Å². The highest BCUT2D eigenvalue weighted by atomic mass is 19.4. The molecule has 0 N–H and O–H groups in total. The fourth-order valence-corrected chi connectivity index (χ4v) is 3.74. The third-order valence-electron chi connectivity index (χ3n) is 5.71. The molecule has 0 aliphatic heterocycles. The third-order valence-corrected chi connectivity index (χ3v) is 5.71. The zero-order chi connectivity index (χ0) is 22.4. The number of hydrogen-bond donors (Lipinski definition) is 0. The van der Waals surface area contributed by atoms with Crippen LogP contribution in [0.4, 0.5) is 13.2 Å². The van der Waals surface area contributed by atoms with Gasteiger partial charge in [0, 0.05) is 13.1 Å². The number of unbranched alkanes of at least 4 members (excludes halogenated alkanes) is 9. The van der Waals surface area contributed by atoms with Crippen molar-refractivity contribution in [3.8, 4) is 0 Å². The van der Waals surface area contributed by atoms with Gasteiger partial charge in [-0.05, 0) is 41.7 Å². The monoisotopic (exact) mass is 432 g/mol. The molecule has 171 valence electrons. The minimum Gasteiger partial charge on any atom is -0.232 e. The van der Waals surface area contributed by atoms with Crippen molar-refractivity contribution in [1.82, 2.24) is 5.32 Å². The molecule has 0 spiro atoms. The van der Waals surface area contributed by atoms with E-state index in [9.17, 15) is 13.2 Å². The first-order chi connectivity index (χ1) is 15.0. The molecule has 0 aliphatic carbocycles. The first kappa shape index (κ1) is 25.5. The zero-order valence-electron chi connectivity index (χ0n) is 18.9. The minimum absolute atomic E-state index is 0.429. The molecule has 0 atom stereocenters. The fraction of sp³-hybridized carbons (Fsp3) is 0.556. The molecule has 1 nitrogen and oxygen atoms in total. The molecule has 0 heterocycles. The summed E-state index contributed by atoms with van der Waals surface area (Å²) in [4.78, 5) is 0. The Hall–Kier alpha value is -1.81. The van der Waals surface area contributed by atoms with E-state index in [1.807, 2.05) is 0 Å². The Balaban J connectivity index is 1.55. The Labute approximate surface area is 186 Å². The van der Waals surface area contributed by atoms with E-state index in [2.05, 4.69) is 36.5 Å². The number of benzene rings is 2. The zero-order valence-corrected chi connectivity index (χ0v) is 18.9. The third kappa shape index (κ3) is 10.9. The van der Waals surface area contributed by atoms with Crippen molar-refractivity contribution in [3.05, 3.63) is 70.8 Å². The van der Waals surface area contributed by atoms with Gasteiger partial charge in [0.25, 0.3) is 0 Å². The van der Waals surface area contributed by atoms with E-state index in [1.54, 1.807) is 0 Å². The lowest BCUT2D eigenvalue weighted by molar-refractivity contribution is -0.137. The molecule has 0 bridgehead atoms. The summed E-state index contributed by atoms with van der Waals surface area (Å²) in [5.74, 6) is 0. The summed E-state index contributed by atoms with van der Waals surface area (Å²) in [6, 6.07) is 13.8. The van der Waals surface area contributed by atoms with Gasteiger partial charge in [0.2, 0.25) is 0 Å². The van der Waals surface area contributed by atoms with Crippen LogP contribution in [0.15, 0.2) is 48.5 Å². The lowest BCUT2D eigenvalue weighted by Gasteiger charge is -2.08. The largest absolute Gasteiger partial charge is 0.416 e. The van der Waals surface area contributed by atoms with Crippen LogP contribution in [0.3, 0.4) is 0 Å². The molecule has 4 heteroatoms. The van der Waals surface area contributed by atoms with Gasteiger partial charge in [-0.1, -0.05) is 101 Å². The maximum absolute atomic E-state index is 12.6. The Kier molecular flexibility index (Phi) is 11.7. The van der Waals surface area contributed by atoms with Gasteiger partial charge in [-0.15, -0.1) is 0 Å². The lowest BCUT2D eigenvalue weighted by Crippen LogP contribution is -2.07. The van der Waals surface area contributed by atoms with Crippen LogP contribution in [0.2, 0.25) is 0 Å². The highest BCUT2D eigenvalue weighted by molar-refractivity contribution is 5.25. The molecule has 2 rings (SSSR count). The first-order valence-electron chi connectivity index (χ1n) is 11.9. The van der Waals surface area contributed by atoms with E-state index in [0.717, 1.165) is 29.7 Å². The molecule has 31 heavy (non-hydrogen) atoms. The van der Waals surface area contributed by atoms with Gasteiger partial charge in [-0.2, -0.15) is 13.2 Å². The fourth-order valence-electron chi connectivity index (χ4n) is 3.74. The summed E-state index contributed by atoms with van der Waals surface area (Å²) < 4.78 is 37.8. The van der Waals surface area contributed by atoms with Crippen LogP contribution in [0.1, 0.15) is 93.4 Å². The Morgan fingerprint density at radius 1 is 0.581 bits per heavy atom. The molecule has 0 saturated heterocycles. The van der Waals surface area contributed by atoms with Gasteiger partial charge in [0.05, 0.1) is 5.56 Å². The van der Waals surface area contributed by atoms with Crippen molar-refractivity contribution in [1.29, 1.82) is 0 Å². The van der Waals surface area contributed by atoms with Crippen LogP contribution < -0.4 is 5.32 Å². The number of halogens is 3. The van der Waals surface area contributed by atoms with Crippen molar-refractivity contribution < 1.29 is 13.2 Å². The molecule has 2 aromatic rings. The van der Waals surface area contributed by atoms with Crippen LogP contribution >= 0.6 is 0 Å². The molecular formula is C27H37F3N. The number of aryl methyl sites for hydroxylation is 1. The predicted octanol–water partition coefficient (Wildman–Crippen LogP) is 8.47. The summed E-state index contributed by atoms with van der Waals surface area (Å²) in [5.41, 5.74) is 2.68. The van der Waals surface area contributed by atoms with Gasteiger partial charge in [0.1, 0.15) is 0 Å². The second-order valence-electron chi connectivity index (χ2n) is 8.48. The van der Waals surface area contributed by atoms with Crippen molar-refractivity contribution >= 4 is 0 Å². The first-order valence-corrected chi connectivity index (χ1v) is 11.9. The van der Waals surface area contributed by atoms with Crippen molar-refractivity contribution in [3.63, 3.8) is 0 Å². The van der Waals surface area contributed by atoms with Gasteiger partial charge >= 0.3 is 6.18 Å². The molecule has 0 amide bonds. The molecule has 0 unspecified atom stereocenters. The average Bonchev–Trinajstić information content (AvgIpc) is 2.76. The van der Waals surface area contributed by atoms with E-state index < -0.39 is 11.7 Å². The number of alkyl halides is 3. The maximum atomic E-state index is 12.6. The number of rotatable bonds is 15. The van der Waals surface area contributed by atoms with E-state index in [0.29, 0.717) is 13.1 Å². The summed E-state index contributed by atoms with van der Waals surface area (Å²) in [5, 5.41) is 4.48. The summed E-state index contributed by atoms with van der Waals surface area (Å²) in [7, 11) is 0. The topological polar surface area (TPSA) is 14.1 Å². The van der Waals surface area contributed by atoms with Gasteiger partial charge in [-0.25, -0.2) is 5.32 Å². The normalized spacial score (nSPS) is 11.7. The van der Waals surface area contributed by atoms with Crippen LogP contribution in [0, 0.1) is 0 Å². The highest BCUT2D eigenvalue weighted by Crippen LogP contribution is 2.29. The minimum atomic E-state index is -4.29. The summed E-state index contributed by atoms with van der Waals surface area (Å²) in [6.45, 7) is 3.27. The standard InChI is InChI=1S/C27H37F3N/c1-2-3-4-5-6-7-8-9-10-11-12-23-13-15-24(16-14-23)21-31-22-25-17-19-26(20-18-25)27(28,29)30/h13-20H,2-12,21-22H2,1H3. The second-order valence-corrected chi connectivity index (χ2v) is 8.48. The quantitative estimate of drug-likeness (QED) is 0.251. The molecule has 0 fully saturated rings. The molecule has 0 aliphatic rings. The Morgan fingerprint density at radius 3 is 1.48 bits per heavy atom. The predicted molar refractivity (Wildman–Crippen MR) is 123 cm³/mol. The highest BCUT2D eigenvalue weighted by Gasteiger charge is 2.29. The number of nitrogens with zero attached hydrogens (tertiary/aromatic N) is 1. The lowest BCUT2D eigenvalue weighted by atomic mass is 10.0. The molecule has 1 radical (unpaired) electrons. The van der Waals surface area contributed by atoms with Gasteiger partial charge in [-0.3, -0.25) is 0 Å². The van der Waals surface area contributed by atoms with Crippen LogP contribution in [0.25, 0.3) is 0 Å². The van der Waals surface area contributed by atoms with Gasteiger partial charge in [0.15, 0.2) is 0 Å². The van der Waals surface area contributed by atoms with Crippen LogP contribution in [0.5, 0.6) is 0 Å². The molecule has 0 aromatic heterocycles. The van der Waals surface area contributed by atoms with Crippen LogP contribution in [-0.4, -0.2) is 0 Å². The van der Waals surface area contributed by atoms with E-state index in [1.165, 1.54) is 81.9 Å².